The van der Waals surface area contributed by atoms with E-state index in [4.69, 9.17) is 9.47 Å². The van der Waals surface area contributed by atoms with Crippen molar-refractivity contribution in [2.45, 2.75) is 11.8 Å². The first kappa shape index (κ1) is 22.2. The van der Waals surface area contributed by atoms with Gasteiger partial charge in [0.2, 0.25) is 5.91 Å². The van der Waals surface area contributed by atoms with Crippen molar-refractivity contribution in [1.82, 2.24) is 0 Å². The molecule has 8 heteroatoms. The van der Waals surface area contributed by atoms with Gasteiger partial charge in [-0.05, 0) is 43.3 Å². The van der Waals surface area contributed by atoms with Gasteiger partial charge in [0, 0.05) is 6.07 Å². The molecule has 0 atom stereocenters. The van der Waals surface area contributed by atoms with E-state index in [1.807, 2.05) is 6.92 Å². The van der Waals surface area contributed by atoms with Gasteiger partial charge in [-0.1, -0.05) is 35.9 Å². The average molecular weight is 441 g/mol. The molecule has 0 aliphatic carbocycles. The maximum atomic E-state index is 13.3. The summed E-state index contributed by atoms with van der Waals surface area (Å²) in [6.07, 6.45) is 0. The topological polar surface area (TPSA) is 84.9 Å². The van der Waals surface area contributed by atoms with Crippen LogP contribution in [-0.4, -0.2) is 35.1 Å². The Morgan fingerprint density at radius 3 is 2.23 bits per heavy atom. The maximum absolute atomic E-state index is 13.3. The lowest BCUT2D eigenvalue weighted by Crippen LogP contribution is -2.38. The molecule has 0 bridgehead atoms. The lowest BCUT2D eigenvalue weighted by molar-refractivity contribution is -0.114. The number of hydrogen-bond donors (Lipinski definition) is 1. The third-order valence-electron chi connectivity index (χ3n) is 4.62. The third kappa shape index (κ3) is 5.16. The van der Waals surface area contributed by atoms with Crippen LogP contribution in [0, 0.1) is 6.92 Å². The first-order chi connectivity index (χ1) is 14.8. The van der Waals surface area contributed by atoms with Crippen LogP contribution in [0.4, 0.5) is 11.4 Å². The summed E-state index contributed by atoms with van der Waals surface area (Å²) in [6, 6.07) is 20.0. The quantitative estimate of drug-likeness (QED) is 0.575. The maximum Gasteiger partial charge on any atom is 0.264 e. The van der Waals surface area contributed by atoms with Crippen molar-refractivity contribution in [3.63, 3.8) is 0 Å². The normalized spacial score (nSPS) is 10.9. The molecular formula is C23H24N2O5S. The zero-order valence-corrected chi connectivity index (χ0v) is 18.3. The molecule has 0 aliphatic rings. The van der Waals surface area contributed by atoms with Crippen molar-refractivity contribution >= 4 is 27.3 Å². The number of aryl methyl sites for hydroxylation is 1. The fourth-order valence-corrected chi connectivity index (χ4v) is 4.39. The van der Waals surface area contributed by atoms with E-state index in [2.05, 4.69) is 5.32 Å². The molecule has 1 N–H and O–H groups in total. The standard InChI is InChI=1S/C23H24N2O5S/c1-17-9-12-20(13-10-17)31(27,28)25(18-7-5-4-6-8-18)16-23(26)24-21-14-11-19(29-2)15-22(21)30-3/h4-15H,16H2,1-3H3,(H,24,26). The summed E-state index contributed by atoms with van der Waals surface area (Å²) in [5.41, 5.74) is 1.74. The van der Waals surface area contributed by atoms with E-state index in [0.717, 1.165) is 9.87 Å². The number of ether oxygens (including phenoxy) is 2. The van der Waals surface area contributed by atoms with Crippen molar-refractivity contribution in [3.8, 4) is 11.5 Å². The lowest BCUT2D eigenvalue weighted by Gasteiger charge is -2.24. The first-order valence-electron chi connectivity index (χ1n) is 9.51. The van der Waals surface area contributed by atoms with E-state index >= 15 is 0 Å². The van der Waals surface area contributed by atoms with Gasteiger partial charge in [-0.15, -0.1) is 0 Å². The molecule has 3 aromatic rings. The minimum atomic E-state index is -3.96. The Kier molecular flexibility index (Phi) is 6.81. The van der Waals surface area contributed by atoms with E-state index in [0.29, 0.717) is 22.9 Å². The predicted octanol–water partition coefficient (Wildman–Crippen LogP) is 3.85. The summed E-state index contributed by atoms with van der Waals surface area (Å²) in [7, 11) is -0.960. The van der Waals surface area contributed by atoms with Gasteiger partial charge in [-0.25, -0.2) is 8.42 Å². The minimum Gasteiger partial charge on any atom is -0.497 e. The van der Waals surface area contributed by atoms with Gasteiger partial charge < -0.3 is 14.8 Å². The Morgan fingerprint density at radius 2 is 1.61 bits per heavy atom. The number of sulfonamides is 1. The number of para-hydroxylation sites is 1. The van der Waals surface area contributed by atoms with E-state index in [1.54, 1.807) is 60.7 Å². The van der Waals surface area contributed by atoms with Crippen molar-refractivity contribution in [2.24, 2.45) is 0 Å². The summed E-state index contributed by atoms with van der Waals surface area (Å²) >= 11 is 0. The Balaban J connectivity index is 1.91. The molecular weight excluding hydrogens is 416 g/mol. The molecule has 0 unspecified atom stereocenters. The number of amides is 1. The molecule has 0 aliphatic heterocycles. The predicted molar refractivity (Wildman–Crippen MR) is 120 cm³/mol. The van der Waals surface area contributed by atoms with E-state index in [-0.39, 0.29) is 4.90 Å². The molecule has 0 saturated carbocycles. The summed E-state index contributed by atoms with van der Waals surface area (Å²) in [5.74, 6) is 0.464. The fraction of sp³-hybridized carbons (Fsp3) is 0.174. The van der Waals surface area contributed by atoms with Crippen LogP contribution in [-0.2, 0) is 14.8 Å². The number of rotatable bonds is 8. The number of methoxy groups -OCH3 is 2. The van der Waals surface area contributed by atoms with E-state index in [1.165, 1.54) is 26.4 Å². The highest BCUT2D eigenvalue weighted by atomic mass is 32.2. The van der Waals surface area contributed by atoms with E-state index in [9.17, 15) is 13.2 Å². The summed E-state index contributed by atoms with van der Waals surface area (Å²) < 4.78 is 38.2. The van der Waals surface area contributed by atoms with Gasteiger partial charge in [0.15, 0.2) is 0 Å². The largest absolute Gasteiger partial charge is 0.497 e. The summed E-state index contributed by atoms with van der Waals surface area (Å²) in [4.78, 5) is 13.0. The SMILES string of the molecule is COc1ccc(NC(=O)CN(c2ccccc2)S(=O)(=O)c2ccc(C)cc2)c(OC)c1. The smallest absolute Gasteiger partial charge is 0.264 e. The van der Waals surface area contributed by atoms with Gasteiger partial charge in [0.1, 0.15) is 18.0 Å². The van der Waals surface area contributed by atoms with Crippen molar-refractivity contribution < 1.29 is 22.7 Å². The number of carbonyl (C=O) groups is 1. The number of carbonyl (C=O) groups excluding carboxylic acids is 1. The molecule has 3 rings (SSSR count). The van der Waals surface area contributed by atoms with Crippen LogP contribution in [0.3, 0.4) is 0 Å². The Bertz CT molecular complexity index is 1150. The highest BCUT2D eigenvalue weighted by molar-refractivity contribution is 7.92. The minimum absolute atomic E-state index is 0.108. The zero-order valence-electron chi connectivity index (χ0n) is 17.5. The average Bonchev–Trinajstić information content (AvgIpc) is 2.78. The van der Waals surface area contributed by atoms with Crippen molar-refractivity contribution in [1.29, 1.82) is 0 Å². The summed E-state index contributed by atoms with van der Waals surface area (Å²) in [5, 5.41) is 2.72. The van der Waals surface area contributed by atoms with Gasteiger partial charge in [0.25, 0.3) is 10.0 Å². The number of hydrogen-bond acceptors (Lipinski definition) is 5. The van der Waals surface area contributed by atoms with Crippen molar-refractivity contribution in [3.05, 3.63) is 78.4 Å². The molecule has 0 spiro atoms. The van der Waals surface area contributed by atoms with E-state index < -0.39 is 22.5 Å². The number of nitrogens with one attached hydrogen (secondary N) is 1. The van der Waals surface area contributed by atoms with Gasteiger partial charge in [-0.2, -0.15) is 0 Å². The monoisotopic (exact) mass is 440 g/mol. The fourth-order valence-electron chi connectivity index (χ4n) is 2.97. The van der Waals surface area contributed by atoms with Crippen LogP contribution in [0.5, 0.6) is 11.5 Å². The molecule has 1 amide bonds. The van der Waals surface area contributed by atoms with Gasteiger partial charge in [0.05, 0.1) is 30.5 Å². The summed E-state index contributed by atoms with van der Waals surface area (Å²) in [6.45, 7) is 1.47. The van der Waals surface area contributed by atoms with Gasteiger partial charge >= 0.3 is 0 Å². The van der Waals surface area contributed by atoms with Crippen LogP contribution >= 0.6 is 0 Å². The van der Waals surface area contributed by atoms with Crippen LogP contribution < -0.4 is 19.1 Å². The molecule has 7 nitrogen and oxygen atoms in total. The van der Waals surface area contributed by atoms with Crippen LogP contribution in [0.1, 0.15) is 5.56 Å². The van der Waals surface area contributed by atoms with Crippen molar-refractivity contribution in [2.75, 3.05) is 30.4 Å². The molecule has 162 valence electrons. The molecule has 0 saturated heterocycles. The zero-order chi connectivity index (χ0) is 22.4. The molecule has 31 heavy (non-hydrogen) atoms. The van der Waals surface area contributed by atoms with Crippen LogP contribution in [0.2, 0.25) is 0 Å². The highest BCUT2D eigenvalue weighted by Gasteiger charge is 2.27. The molecule has 0 fully saturated rings. The second-order valence-electron chi connectivity index (χ2n) is 6.77. The van der Waals surface area contributed by atoms with Crippen LogP contribution in [0.15, 0.2) is 77.7 Å². The third-order valence-corrected chi connectivity index (χ3v) is 6.41. The molecule has 0 heterocycles. The number of anilines is 2. The second kappa shape index (κ2) is 9.53. The number of benzene rings is 3. The Hall–Kier alpha value is -3.52. The van der Waals surface area contributed by atoms with Crippen LogP contribution in [0.25, 0.3) is 0 Å². The molecule has 3 aromatic carbocycles. The first-order valence-corrected chi connectivity index (χ1v) is 11.0. The number of nitrogens with zero attached hydrogens (tertiary/aromatic N) is 1. The second-order valence-corrected chi connectivity index (χ2v) is 8.64. The Labute approximate surface area is 182 Å². The molecule has 0 aromatic heterocycles. The Morgan fingerprint density at radius 1 is 0.935 bits per heavy atom. The molecule has 0 radical (unpaired) electrons. The lowest BCUT2D eigenvalue weighted by atomic mass is 10.2. The highest BCUT2D eigenvalue weighted by Crippen LogP contribution is 2.29. The van der Waals surface area contributed by atoms with Gasteiger partial charge in [-0.3, -0.25) is 9.10 Å².